The van der Waals surface area contributed by atoms with E-state index in [4.69, 9.17) is 9.84 Å². The molecule has 0 atom stereocenters. The van der Waals surface area contributed by atoms with Gasteiger partial charge in [-0.05, 0) is 28.7 Å². The van der Waals surface area contributed by atoms with Gasteiger partial charge in [0.15, 0.2) is 5.13 Å². The Labute approximate surface area is 205 Å². The van der Waals surface area contributed by atoms with Crippen LogP contribution in [0.2, 0.25) is 0 Å². The maximum Gasteiger partial charge on any atom is 0.413 e. The lowest BCUT2D eigenvalue weighted by Crippen LogP contribution is -2.36. The molecule has 1 aromatic heterocycles. The number of carbonyl (C=O) groups is 3. The molecule has 0 saturated carbocycles. The standard InChI is InChI=1S/C26H23N3O5S/c30-23(29-11-9-16(10-12-29)24(31)32)13-17-15-35-25(27-17)28-26(33)34-14-22-20-7-3-1-5-18(20)19-6-2-4-8-21(19)22/h1-9,15,22H,10-14H2,(H,31,32)(H,27,28,33). The minimum Gasteiger partial charge on any atom is -0.478 e. The van der Waals surface area contributed by atoms with Crippen molar-refractivity contribution in [3.63, 3.8) is 0 Å². The van der Waals surface area contributed by atoms with Crippen LogP contribution in [0.4, 0.5) is 9.93 Å². The van der Waals surface area contributed by atoms with E-state index < -0.39 is 12.1 Å². The Balaban J connectivity index is 1.16. The van der Waals surface area contributed by atoms with Crippen molar-refractivity contribution >= 4 is 34.4 Å². The van der Waals surface area contributed by atoms with Gasteiger partial charge in [0.1, 0.15) is 6.61 Å². The number of ether oxygens (including phenoxy) is 1. The van der Waals surface area contributed by atoms with Gasteiger partial charge in [0, 0.05) is 30.0 Å². The third-order valence-electron chi connectivity index (χ3n) is 6.27. The van der Waals surface area contributed by atoms with Crippen LogP contribution in [0.1, 0.15) is 29.2 Å². The van der Waals surface area contributed by atoms with Crippen molar-refractivity contribution in [1.29, 1.82) is 0 Å². The third kappa shape index (κ3) is 4.81. The summed E-state index contributed by atoms with van der Waals surface area (Å²) >= 11 is 1.22. The summed E-state index contributed by atoms with van der Waals surface area (Å²) in [5.74, 6) is -1.11. The van der Waals surface area contributed by atoms with E-state index in [0.29, 0.717) is 29.4 Å². The Morgan fingerprint density at radius 1 is 1.09 bits per heavy atom. The highest BCUT2D eigenvalue weighted by molar-refractivity contribution is 7.13. The average Bonchev–Trinajstić information content (AvgIpc) is 3.44. The lowest BCUT2D eigenvalue weighted by Gasteiger charge is -2.25. The van der Waals surface area contributed by atoms with Crippen molar-refractivity contribution in [1.82, 2.24) is 9.88 Å². The van der Waals surface area contributed by atoms with E-state index in [0.717, 1.165) is 22.3 Å². The van der Waals surface area contributed by atoms with Crippen molar-refractivity contribution in [3.05, 3.63) is 82.4 Å². The Morgan fingerprint density at radius 2 is 1.77 bits per heavy atom. The summed E-state index contributed by atoms with van der Waals surface area (Å²) in [5.41, 5.74) is 5.47. The van der Waals surface area contributed by atoms with Gasteiger partial charge in [-0.3, -0.25) is 10.1 Å². The number of hydrogen-bond acceptors (Lipinski definition) is 6. The number of benzene rings is 2. The molecule has 2 heterocycles. The van der Waals surface area contributed by atoms with E-state index in [1.54, 1.807) is 16.4 Å². The number of amides is 2. The summed E-state index contributed by atoms with van der Waals surface area (Å²) in [6, 6.07) is 16.3. The molecule has 2 aliphatic rings. The molecule has 5 rings (SSSR count). The topological polar surface area (TPSA) is 109 Å². The second-order valence-corrected chi connectivity index (χ2v) is 9.25. The summed E-state index contributed by atoms with van der Waals surface area (Å²) in [6.45, 7) is 0.846. The predicted molar refractivity (Wildman–Crippen MR) is 131 cm³/mol. The molecule has 2 amide bonds. The lowest BCUT2D eigenvalue weighted by atomic mass is 9.98. The van der Waals surface area contributed by atoms with Gasteiger partial charge in [-0.1, -0.05) is 54.6 Å². The predicted octanol–water partition coefficient (Wildman–Crippen LogP) is 4.29. The summed E-state index contributed by atoms with van der Waals surface area (Å²) < 4.78 is 5.55. The zero-order chi connectivity index (χ0) is 24.4. The maximum absolute atomic E-state index is 12.5. The van der Waals surface area contributed by atoms with Gasteiger partial charge in [0.2, 0.25) is 5.91 Å². The number of nitrogens with zero attached hydrogens (tertiary/aromatic N) is 2. The fourth-order valence-electron chi connectivity index (χ4n) is 4.52. The van der Waals surface area contributed by atoms with E-state index in [1.807, 2.05) is 24.3 Å². The Morgan fingerprint density at radius 3 is 2.40 bits per heavy atom. The quantitative estimate of drug-likeness (QED) is 0.535. The first kappa shape index (κ1) is 22.8. The molecule has 3 aromatic rings. The van der Waals surface area contributed by atoms with Crippen LogP contribution in [-0.2, 0) is 20.7 Å². The van der Waals surface area contributed by atoms with Gasteiger partial charge >= 0.3 is 12.1 Å². The largest absolute Gasteiger partial charge is 0.478 e. The molecule has 0 fully saturated rings. The minimum atomic E-state index is -0.944. The number of nitrogens with one attached hydrogen (secondary N) is 1. The Bertz CT molecular complexity index is 1290. The van der Waals surface area contributed by atoms with Crippen LogP contribution < -0.4 is 5.32 Å². The molecule has 1 aliphatic carbocycles. The number of carboxylic acids is 1. The van der Waals surface area contributed by atoms with Crippen LogP contribution in [0.15, 0.2) is 65.6 Å². The molecule has 178 valence electrons. The fourth-order valence-corrected chi connectivity index (χ4v) is 5.22. The molecule has 0 unspecified atom stereocenters. The van der Waals surface area contributed by atoms with Crippen LogP contribution >= 0.6 is 11.3 Å². The lowest BCUT2D eigenvalue weighted by molar-refractivity contribution is -0.134. The molecule has 0 spiro atoms. The molecular formula is C26H23N3O5S. The van der Waals surface area contributed by atoms with Gasteiger partial charge in [0.25, 0.3) is 0 Å². The highest BCUT2D eigenvalue weighted by Crippen LogP contribution is 2.44. The van der Waals surface area contributed by atoms with Crippen molar-refractivity contribution < 1.29 is 24.2 Å². The molecular weight excluding hydrogens is 466 g/mol. The first-order chi connectivity index (χ1) is 17.0. The van der Waals surface area contributed by atoms with E-state index in [-0.39, 0.29) is 31.4 Å². The number of hydrogen-bond donors (Lipinski definition) is 2. The van der Waals surface area contributed by atoms with Crippen molar-refractivity contribution in [3.8, 4) is 11.1 Å². The van der Waals surface area contributed by atoms with Gasteiger partial charge in [-0.25, -0.2) is 14.6 Å². The highest BCUT2D eigenvalue weighted by atomic mass is 32.1. The Kier molecular flexibility index (Phi) is 6.33. The number of aliphatic carboxylic acids is 1. The first-order valence-electron chi connectivity index (χ1n) is 11.3. The third-order valence-corrected chi connectivity index (χ3v) is 7.08. The van der Waals surface area contributed by atoms with Gasteiger partial charge in [-0.2, -0.15) is 0 Å². The SMILES string of the molecule is O=C(Nc1nc(CC(=O)N2CC=C(C(=O)O)CC2)cs1)OCC1c2ccccc2-c2ccccc21. The number of thiazole rings is 1. The maximum atomic E-state index is 12.5. The minimum absolute atomic E-state index is 0.0298. The molecule has 0 saturated heterocycles. The monoisotopic (exact) mass is 489 g/mol. The number of fused-ring (bicyclic) bond motifs is 3. The fraction of sp³-hybridized carbons (Fsp3) is 0.231. The van der Waals surface area contributed by atoms with E-state index in [2.05, 4.69) is 34.6 Å². The summed E-state index contributed by atoms with van der Waals surface area (Å²) in [7, 11) is 0. The normalized spacial score (nSPS) is 14.6. The van der Waals surface area contributed by atoms with Crippen LogP contribution in [0.3, 0.4) is 0 Å². The summed E-state index contributed by atoms with van der Waals surface area (Å²) in [5, 5.41) is 13.8. The number of anilines is 1. The van der Waals surface area contributed by atoms with Crippen molar-refractivity contribution in [2.45, 2.75) is 18.8 Å². The number of carbonyl (C=O) groups excluding carboxylic acids is 2. The smallest absolute Gasteiger partial charge is 0.413 e. The van der Waals surface area contributed by atoms with Gasteiger partial charge in [-0.15, -0.1) is 11.3 Å². The van der Waals surface area contributed by atoms with E-state index in [9.17, 15) is 14.4 Å². The molecule has 35 heavy (non-hydrogen) atoms. The molecule has 0 radical (unpaired) electrons. The van der Waals surface area contributed by atoms with Crippen molar-refractivity contribution in [2.24, 2.45) is 0 Å². The average molecular weight is 490 g/mol. The van der Waals surface area contributed by atoms with E-state index >= 15 is 0 Å². The summed E-state index contributed by atoms with van der Waals surface area (Å²) in [6.07, 6.45) is 1.38. The second-order valence-electron chi connectivity index (χ2n) is 8.40. The van der Waals surface area contributed by atoms with Crippen LogP contribution in [0.25, 0.3) is 11.1 Å². The number of carboxylic acid groups (broad SMARTS) is 1. The second kappa shape index (κ2) is 9.71. The van der Waals surface area contributed by atoms with Gasteiger partial charge in [0.05, 0.1) is 12.1 Å². The number of aromatic nitrogens is 1. The Hall–Kier alpha value is -3.98. The molecule has 8 nitrogen and oxygen atoms in total. The van der Waals surface area contributed by atoms with E-state index in [1.165, 1.54) is 11.3 Å². The molecule has 2 N–H and O–H groups in total. The van der Waals surface area contributed by atoms with Crippen LogP contribution in [0.5, 0.6) is 0 Å². The molecule has 9 heteroatoms. The highest BCUT2D eigenvalue weighted by Gasteiger charge is 2.29. The zero-order valence-electron chi connectivity index (χ0n) is 18.8. The zero-order valence-corrected chi connectivity index (χ0v) is 19.6. The van der Waals surface area contributed by atoms with Crippen LogP contribution in [0, 0.1) is 0 Å². The first-order valence-corrected chi connectivity index (χ1v) is 12.1. The van der Waals surface area contributed by atoms with Crippen molar-refractivity contribution in [2.75, 3.05) is 25.0 Å². The number of rotatable bonds is 6. The van der Waals surface area contributed by atoms with Gasteiger partial charge < -0.3 is 14.7 Å². The summed E-state index contributed by atoms with van der Waals surface area (Å²) in [4.78, 5) is 41.9. The molecule has 0 bridgehead atoms. The molecule has 1 aliphatic heterocycles. The van der Waals surface area contributed by atoms with Crippen LogP contribution in [-0.4, -0.2) is 52.7 Å². The molecule has 2 aromatic carbocycles.